The Labute approximate surface area is 181 Å². The Balaban J connectivity index is 1.63. The Morgan fingerprint density at radius 1 is 0.871 bits per heavy atom. The molecular formula is C24H14ClFO5. The number of halogens is 2. The van der Waals surface area contributed by atoms with E-state index in [1.54, 1.807) is 18.2 Å². The smallest absolute Gasteiger partial charge is 0.340 e. The van der Waals surface area contributed by atoms with Crippen molar-refractivity contribution >= 4 is 34.9 Å². The number of hydrogen-bond acceptors (Lipinski definition) is 5. The van der Waals surface area contributed by atoms with Crippen LogP contribution in [0.15, 0.2) is 60.7 Å². The molecule has 0 heterocycles. The summed E-state index contributed by atoms with van der Waals surface area (Å²) in [4.78, 5) is 50.8. The molecule has 0 fully saturated rings. The summed E-state index contributed by atoms with van der Waals surface area (Å²) >= 11 is 6.35. The summed E-state index contributed by atoms with van der Waals surface area (Å²) in [6, 6.07) is 13.8. The number of ether oxygens (including phenoxy) is 1. The molecule has 0 aromatic heterocycles. The fourth-order valence-electron chi connectivity index (χ4n) is 3.43. The fraction of sp³-hybridized carbons (Fsp3) is 0.0833. The molecule has 5 nitrogen and oxygen atoms in total. The van der Waals surface area contributed by atoms with Crippen LogP contribution >= 0.6 is 11.6 Å². The van der Waals surface area contributed by atoms with E-state index in [0.29, 0.717) is 0 Å². The second kappa shape index (κ2) is 7.89. The van der Waals surface area contributed by atoms with E-state index in [-0.39, 0.29) is 44.2 Å². The minimum atomic E-state index is -1.18. The average molecular weight is 437 g/mol. The lowest BCUT2D eigenvalue weighted by molar-refractivity contribution is 0.0319. The molecule has 0 N–H and O–H groups in total. The van der Waals surface area contributed by atoms with Gasteiger partial charge >= 0.3 is 5.97 Å². The Bertz CT molecular complexity index is 1260. The van der Waals surface area contributed by atoms with Crippen molar-refractivity contribution in [2.75, 3.05) is 0 Å². The quantitative estimate of drug-likeness (QED) is 0.343. The standard InChI is InChI=1S/C24H14ClFO5/c1-12(21(27)13-6-8-14(26)9-7-13)31-24(30)18-11-10-17-19(20(18)25)23(29)16-5-3-2-4-15(16)22(17)28/h2-12H,1H3. The van der Waals surface area contributed by atoms with Gasteiger partial charge in [0.05, 0.1) is 16.1 Å². The van der Waals surface area contributed by atoms with Gasteiger partial charge < -0.3 is 4.74 Å². The van der Waals surface area contributed by atoms with Gasteiger partial charge in [0.15, 0.2) is 17.7 Å². The second-order valence-electron chi connectivity index (χ2n) is 6.97. The van der Waals surface area contributed by atoms with E-state index in [2.05, 4.69) is 0 Å². The van der Waals surface area contributed by atoms with Crippen molar-refractivity contribution in [3.05, 3.63) is 105 Å². The summed E-state index contributed by atoms with van der Waals surface area (Å²) in [5.41, 5.74) is 0.533. The highest BCUT2D eigenvalue weighted by molar-refractivity contribution is 6.41. The molecule has 0 aliphatic heterocycles. The molecule has 0 saturated heterocycles. The summed E-state index contributed by atoms with van der Waals surface area (Å²) in [5, 5.41) is -0.211. The van der Waals surface area contributed by atoms with Gasteiger partial charge in [-0.15, -0.1) is 0 Å². The van der Waals surface area contributed by atoms with Crippen molar-refractivity contribution in [3.63, 3.8) is 0 Å². The number of rotatable bonds is 4. The van der Waals surface area contributed by atoms with Gasteiger partial charge in [-0.05, 0) is 43.3 Å². The monoisotopic (exact) mass is 436 g/mol. The van der Waals surface area contributed by atoms with Gasteiger partial charge in [0.2, 0.25) is 5.78 Å². The summed E-state index contributed by atoms with van der Waals surface area (Å²) in [6.07, 6.45) is -1.18. The van der Waals surface area contributed by atoms with Crippen LogP contribution in [0.5, 0.6) is 0 Å². The Morgan fingerprint density at radius 2 is 1.48 bits per heavy atom. The minimum Gasteiger partial charge on any atom is -0.451 e. The molecule has 0 bridgehead atoms. The van der Waals surface area contributed by atoms with Gasteiger partial charge in [-0.1, -0.05) is 35.9 Å². The third-order valence-corrected chi connectivity index (χ3v) is 5.42. The predicted molar refractivity (Wildman–Crippen MR) is 110 cm³/mol. The summed E-state index contributed by atoms with van der Waals surface area (Å²) < 4.78 is 18.3. The van der Waals surface area contributed by atoms with Crippen LogP contribution in [0.25, 0.3) is 0 Å². The zero-order valence-corrected chi connectivity index (χ0v) is 16.9. The van der Waals surface area contributed by atoms with E-state index < -0.39 is 29.5 Å². The summed E-state index contributed by atoms with van der Waals surface area (Å²) in [7, 11) is 0. The SMILES string of the molecule is CC(OC(=O)c1ccc2c(c1Cl)C(=O)c1ccccc1C2=O)C(=O)c1ccc(F)cc1. The van der Waals surface area contributed by atoms with Crippen LogP contribution in [0.1, 0.15) is 59.5 Å². The van der Waals surface area contributed by atoms with Crippen LogP contribution in [0.3, 0.4) is 0 Å². The van der Waals surface area contributed by atoms with E-state index in [1.165, 1.54) is 37.3 Å². The molecule has 0 spiro atoms. The second-order valence-corrected chi connectivity index (χ2v) is 7.35. The molecule has 3 aromatic carbocycles. The first-order chi connectivity index (χ1) is 14.8. The number of Topliss-reactive ketones (excluding diaryl/α,β-unsaturated/α-hetero) is 1. The zero-order valence-electron chi connectivity index (χ0n) is 16.1. The highest BCUT2D eigenvalue weighted by Crippen LogP contribution is 2.34. The third-order valence-electron chi connectivity index (χ3n) is 5.03. The number of carbonyl (C=O) groups excluding carboxylic acids is 4. The van der Waals surface area contributed by atoms with Crippen LogP contribution in [0.4, 0.5) is 4.39 Å². The summed E-state index contributed by atoms with van der Waals surface area (Å²) in [6.45, 7) is 1.38. The van der Waals surface area contributed by atoms with Gasteiger partial charge in [-0.25, -0.2) is 9.18 Å². The van der Waals surface area contributed by atoms with Crippen LogP contribution < -0.4 is 0 Å². The molecule has 1 atom stereocenters. The molecule has 4 rings (SSSR count). The predicted octanol–water partition coefficient (Wildman–Crippen LogP) is 4.68. The largest absolute Gasteiger partial charge is 0.451 e. The van der Waals surface area contributed by atoms with Crippen molar-refractivity contribution in [2.24, 2.45) is 0 Å². The molecule has 0 saturated carbocycles. The molecule has 154 valence electrons. The number of hydrogen-bond donors (Lipinski definition) is 0. The highest BCUT2D eigenvalue weighted by atomic mass is 35.5. The first-order valence-corrected chi connectivity index (χ1v) is 9.69. The van der Waals surface area contributed by atoms with Crippen molar-refractivity contribution in [1.29, 1.82) is 0 Å². The lowest BCUT2D eigenvalue weighted by atomic mass is 9.83. The molecule has 0 radical (unpaired) electrons. The molecule has 7 heteroatoms. The topological polar surface area (TPSA) is 77.5 Å². The van der Waals surface area contributed by atoms with Crippen LogP contribution in [0.2, 0.25) is 5.02 Å². The highest BCUT2D eigenvalue weighted by Gasteiger charge is 2.33. The molecule has 3 aromatic rings. The molecule has 0 amide bonds. The van der Waals surface area contributed by atoms with E-state index >= 15 is 0 Å². The number of carbonyl (C=O) groups is 4. The fourth-order valence-corrected chi connectivity index (χ4v) is 3.76. The maximum absolute atomic E-state index is 13.1. The number of fused-ring (bicyclic) bond motifs is 2. The third kappa shape index (κ3) is 3.55. The normalized spacial score (nSPS) is 13.3. The van der Waals surface area contributed by atoms with Crippen molar-refractivity contribution in [2.45, 2.75) is 13.0 Å². The Morgan fingerprint density at radius 3 is 2.13 bits per heavy atom. The van der Waals surface area contributed by atoms with Gasteiger partial charge in [0, 0.05) is 22.3 Å². The van der Waals surface area contributed by atoms with E-state index in [0.717, 1.165) is 12.1 Å². The van der Waals surface area contributed by atoms with Gasteiger partial charge in [-0.2, -0.15) is 0 Å². The maximum atomic E-state index is 13.1. The van der Waals surface area contributed by atoms with Crippen LogP contribution in [-0.2, 0) is 4.74 Å². The molecule has 1 aliphatic rings. The maximum Gasteiger partial charge on any atom is 0.340 e. The number of esters is 1. The number of ketones is 3. The van der Waals surface area contributed by atoms with Gasteiger partial charge in [0.25, 0.3) is 0 Å². The van der Waals surface area contributed by atoms with Crippen molar-refractivity contribution < 1.29 is 28.3 Å². The Kier molecular flexibility index (Phi) is 5.25. The molecule has 31 heavy (non-hydrogen) atoms. The van der Waals surface area contributed by atoms with Gasteiger partial charge in [0.1, 0.15) is 5.82 Å². The molecule has 1 aliphatic carbocycles. The van der Waals surface area contributed by atoms with E-state index in [9.17, 15) is 23.6 Å². The summed E-state index contributed by atoms with van der Waals surface area (Å²) in [5.74, 6) is -2.78. The van der Waals surface area contributed by atoms with Crippen LogP contribution in [0, 0.1) is 5.82 Å². The lowest BCUT2D eigenvalue weighted by Crippen LogP contribution is -2.26. The first-order valence-electron chi connectivity index (χ1n) is 9.31. The van der Waals surface area contributed by atoms with Crippen molar-refractivity contribution in [3.8, 4) is 0 Å². The number of benzene rings is 3. The minimum absolute atomic E-state index is 0.0719. The average Bonchev–Trinajstić information content (AvgIpc) is 2.77. The van der Waals surface area contributed by atoms with Gasteiger partial charge in [-0.3, -0.25) is 14.4 Å². The van der Waals surface area contributed by atoms with Crippen LogP contribution in [-0.4, -0.2) is 29.4 Å². The van der Waals surface area contributed by atoms with E-state index in [4.69, 9.17) is 16.3 Å². The van der Waals surface area contributed by atoms with Crippen molar-refractivity contribution in [1.82, 2.24) is 0 Å². The molecular weight excluding hydrogens is 423 g/mol. The lowest BCUT2D eigenvalue weighted by Gasteiger charge is -2.20. The first kappa shape index (κ1) is 20.6. The molecule has 1 unspecified atom stereocenters. The Hall–Kier alpha value is -3.64. The zero-order chi connectivity index (χ0) is 22.3. The van der Waals surface area contributed by atoms with E-state index in [1.807, 2.05) is 0 Å².